The van der Waals surface area contributed by atoms with Gasteiger partial charge in [-0.3, -0.25) is 0 Å². The second-order valence-electron chi connectivity index (χ2n) is 19.3. The van der Waals surface area contributed by atoms with Crippen LogP contribution in [-0.2, 0) is 41.2 Å². The average molecular weight is 1310 g/mol. The average Bonchev–Trinajstić information content (AvgIpc) is 4.11. The molecule has 0 radical (unpaired) electrons. The van der Waals surface area contributed by atoms with Gasteiger partial charge in [0.2, 0.25) is 0 Å². The van der Waals surface area contributed by atoms with Crippen molar-refractivity contribution < 1.29 is 66.0 Å². The molecule has 8 aromatic carbocycles. The van der Waals surface area contributed by atoms with Crippen LogP contribution in [0.4, 0.5) is 0 Å². The Morgan fingerprint density at radius 3 is 0.657 bits per heavy atom. The van der Waals surface area contributed by atoms with Gasteiger partial charge in [0.05, 0.1) is 0 Å². The summed E-state index contributed by atoms with van der Waals surface area (Å²) in [6, 6.07) is 83.2. The van der Waals surface area contributed by atoms with Gasteiger partial charge in [0.15, 0.2) is 0 Å². The zero-order valence-corrected chi connectivity index (χ0v) is 51.3. The minimum atomic E-state index is -2.56. The number of hydrogen-bond acceptors (Lipinski definition) is 0. The van der Waals surface area contributed by atoms with E-state index in [9.17, 15) is 0 Å². The normalized spacial score (nSPS) is 17.8. The third kappa shape index (κ3) is 9.74. The fourth-order valence-electron chi connectivity index (χ4n) is 12.4. The van der Waals surface area contributed by atoms with Crippen LogP contribution < -0.4 is 45.6 Å². The minimum Gasteiger partial charge on any atom is -1.00 e. The molecule has 4 aliphatic carbocycles. The smallest absolute Gasteiger partial charge is 1.00 e. The van der Waals surface area contributed by atoms with Crippen molar-refractivity contribution in [3.05, 3.63) is 285 Å². The van der Waals surface area contributed by atoms with Gasteiger partial charge in [0.25, 0.3) is 0 Å². The van der Waals surface area contributed by atoms with Crippen LogP contribution in [-0.4, -0.2) is 12.0 Å². The van der Waals surface area contributed by atoms with E-state index in [1.54, 1.807) is 65.3 Å². The summed E-state index contributed by atoms with van der Waals surface area (Å²) in [7, 11) is 0. The topological polar surface area (TPSA) is 0 Å². The third-order valence-electron chi connectivity index (χ3n) is 15.1. The Balaban J connectivity index is 0.000000169. The van der Waals surface area contributed by atoms with Gasteiger partial charge in [-0.25, -0.2) is 0 Å². The van der Waals surface area contributed by atoms with E-state index in [-0.39, 0.29) is 24.8 Å². The second kappa shape index (κ2) is 22.5. The molecule has 344 valence electrons. The summed E-state index contributed by atoms with van der Waals surface area (Å²) >= 11 is -5.12. The summed E-state index contributed by atoms with van der Waals surface area (Å²) in [5, 5.41) is 6.52. The van der Waals surface area contributed by atoms with Crippen LogP contribution in [0.2, 0.25) is 0 Å². The Kier molecular flexibility index (Phi) is 16.2. The van der Waals surface area contributed by atoms with Crippen LogP contribution in [0.3, 0.4) is 0 Å². The van der Waals surface area contributed by atoms with Crippen LogP contribution in [0.1, 0.15) is 86.9 Å². The molecule has 0 saturated heterocycles. The van der Waals surface area contributed by atoms with E-state index < -0.39 is 53.2 Å². The zero-order chi connectivity index (χ0) is 46.1. The van der Waals surface area contributed by atoms with Crippen molar-refractivity contribution in [3.63, 3.8) is 0 Å². The first-order valence-corrected chi connectivity index (χ1v) is 48.7. The summed E-state index contributed by atoms with van der Waals surface area (Å²) in [5.74, 6) is -2.87. The Hall–Kier alpha value is -4.53. The van der Waals surface area contributed by atoms with Crippen LogP contribution in [0, 0.1) is 0 Å². The monoisotopic (exact) mass is 1310 g/mol. The van der Waals surface area contributed by atoms with E-state index in [4.69, 9.17) is 0 Å². The largest absolute Gasteiger partial charge is 1.00 e. The van der Waals surface area contributed by atoms with Gasteiger partial charge in [-0.2, -0.15) is 0 Å². The summed E-state index contributed by atoms with van der Waals surface area (Å²) < 4.78 is 2.55. The second-order valence-corrected chi connectivity index (χ2v) is 62.6. The van der Waals surface area contributed by atoms with E-state index in [1.165, 1.54) is 22.3 Å². The van der Waals surface area contributed by atoms with E-state index in [0.717, 1.165) is 0 Å². The van der Waals surface area contributed by atoms with Crippen LogP contribution in [0.15, 0.2) is 241 Å². The summed E-state index contributed by atoms with van der Waals surface area (Å²) in [5.41, 5.74) is 18.6. The first-order chi connectivity index (χ1) is 33.4. The van der Waals surface area contributed by atoms with Crippen molar-refractivity contribution in [1.82, 2.24) is 0 Å². The molecule has 0 heterocycles. The minimum absolute atomic E-state index is 0. The Labute approximate surface area is 446 Å². The Morgan fingerprint density at radius 1 is 0.257 bits per heavy atom. The molecule has 8 aromatic rings. The predicted octanol–water partition coefficient (Wildman–Crippen LogP) is 6.93. The van der Waals surface area contributed by atoms with Crippen LogP contribution >= 0.6 is 0 Å². The molecule has 0 spiro atoms. The molecule has 4 atom stereocenters. The quantitative estimate of drug-likeness (QED) is 0.131. The number of benzene rings is 8. The zero-order valence-electron chi connectivity index (χ0n) is 40.3. The van der Waals surface area contributed by atoms with E-state index >= 15 is 0 Å². The summed E-state index contributed by atoms with van der Waals surface area (Å²) in [4.78, 5) is 0. The number of allylic oxidation sites excluding steroid dienone is 4. The molecule has 0 fully saturated rings. The van der Waals surface area contributed by atoms with Crippen molar-refractivity contribution in [3.8, 4) is 0 Å². The van der Waals surface area contributed by atoms with E-state index in [0.29, 0.717) is 14.7 Å². The molecule has 70 heavy (non-hydrogen) atoms. The van der Waals surface area contributed by atoms with Crippen LogP contribution in [0.25, 0.3) is 24.3 Å². The predicted molar refractivity (Wildman–Crippen MR) is 290 cm³/mol. The SMILES string of the molecule is CC1=Cc2ccccc2[CH]1[Hf+]([CH]1C(C)=Cc2ccccc21)[SiH](c1ccccc1)c1ccccc1.CC1=Cc2ccccc2[CH]1[Hf+]([CH]1C(C)=Cc2ccccc21)[SiH](c1ccccc1)c1ccccc1.[Cl-].[Cl-]. The third-order valence-corrected chi connectivity index (χ3v) is 80.9. The molecule has 4 aliphatic rings. The molecule has 0 aromatic heterocycles. The van der Waals surface area contributed by atoms with Gasteiger partial charge < -0.3 is 24.8 Å². The van der Waals surface area contributed by atoms with Crippen molar-refractivity contribution in [2.75, 3.05) is 0 Å². The molecule has 0 aliphatic heterocycles. The fourth-order valence-corrected chi connectivity index (χ4v) is 92.3. The van der Waals surface area contributed by atoms with Crippen molar-refractivity contribution in [2.45, 2.75) is 42.4 Å². The fraction of sp³-hybridized carbons (Fsp3) is 0.125. The maximum atomic E-state index is 2.49. The first kappa shape index (κ1) is 50.4. The number of hydrogen-bond donors (Lipinski definition) is 0. The summed E-state index contributed by atoms with van der Waals surface area (Å²) in [6.07, 6.45) is 9.97. The molecular weight excluding hydrogens is 1250 g/mol. The molecule has 4 unspecified atom stereocenters. The van der Waals surface area contributed by atoms with Crippen molar-refractivity contribution >= 4 is 57.0 Å². The van der Waals surface area contributed by atoms with Gasteiger partial charge in [-0.05, 0) is 0 Å². The maximum absolute atomic E-state index is 2.56. The van der Waals surface area contributed by atoms with Crippen LogP contribution in [0.5, 0.6) is 0 Å². The van der Waals surface area contributed by atoms with Gasteiger partial charge in [0, 0.05) is 0 Å². The number of fused-ring (bicyclic) bond motifs is 4. The number of rotatable bonds is 10. The first-order valence-electron chi connectivity index (χ1n) is 24.5. The molecule has 0 bridgehead atoms. The molecule has 6 heteroatoms. The molecule has 0 saturated carbocycles. The van der Waals surface area contributed by atoms with Gasteiger partial charge in [-0.15, -0.1) is 0 Å². The molecular formula is C64H58Cl2Hf2Si2. The van der Waals surface area contributed by atoms with Gasteiger partial charge in [-0.1, -0.05) is 0 Å². The van der Waals surface area contributed by atoms with Crippen molar-refractivity contribution in [1.29, 1.82) is 0 Å². The molecule has 12 rings (SSSR count). The molecule has 0 N–H and O–H groups in total. The molecule has 0 nitrogen and oxygen atoms in total. The maximum Gasteiger partial charge on any atom is -1.00 e. The van der Waals surface area contributed by atoms with E-state index in [2.05, 4.69) is 270 Å². The summed E-state index contributed by atoms with van der Waals surface area (Å²) in [6.45, 7) is 9.65. The van der Waals surface area contributed by atoms with E-state index in [1.807, 2.05) is 0 Å². The molecule has 0 amide bonds. The van der Waals surface area contributed by atoms with Gasteiger partial charge >= 0.3 is 426 Å². The Morgan fingerprint density at radius 2 is 0.443 bits per heavy atom. The Bertz CT molecular complexity index is 2790. The standard InChI is InChI=1S/2C12H11Si.4C10H9.2ClH.2Hf/c2*1-3-7-11(8-4-1)13-12-9-5-2-6-10-12;4*1-8-6-9-4-2-3-5-10(9)7-8;;;;/h2*1-10,13H;4*2-7H,1H3;2*1H;;/q;;;;;;;;2*+1/p-2. The van der Waals surface area contributed by atoms with Gasteiger partial charge in [0.1, 0.15) is 0 Å². The van der Waals surface area contributed by atoms with Crippen molar-refractivity contribution in [2.24, 2.45) is 0 Å². The number of halogens is 2.